The molecule has 0 saturated heterocycles. The van der Waals surface area contributed by atoms with E-state index in [0.29, 0.717) is 12.2 Å². The fourth-order valence-corrected chi connectivity index (χ4v) is 4.44. The molecule has 0 aliphatic carbocycles. The molecule has 2 aromatic carbocycles. The quantitative estimate of drug-likeness (QED) is 0.196. The van der Waals surface area contributed by atoms with Crippen molar-refractivity contribution in [2.24, 2.45) is 0 Å². The van der Waals surface area contributed by atoms with Crippen molar-refractivity contribution >= 4 is 23.2 Å². The first-order chi connectivity index (χ1) is 16.2. The van der Waals surface area contributed by atoms with Crippen LogP contribution < -0.4 is 4.74 Å². The molecule has 33 heavy (non-hydrogen) atoms. The Morgan fingerprint density at radius 2 is 1.85 bits per heavy atom. The molecule has 0 amide bonds. The van der Waals surface area contributed by atoms with E-state index >= 15 is 0 Å². The molecular weight excluding hydrogens is 426 g/mol. The Kier molecular flexibility index (Phi) is 7.48. The van der Waals surface area contributed by atoms with Crippen molar-refractivity contribution in [3.8, 4) is 16.2 Å². The van der Waals surface area contributed by atoms with Gasteiger partial charge in [0.2, 0.25) is 0 Å². The maximum atomic E-state index is 13.0. The summed E-state index contributed by atoms with van der Waals surface area (Å²) in [6.45, 7) is 4.61. The van der Waals surface area contributed by atoms with Crippen molar-refractivity contribution in [3.05, 3.63) is 112 Å². The summed E-state index contributed by atoms with van der Waals surface area (Å²) in [5.41, 5.74) is 6.05. The van der Waals surface area contributed by atoms with Crippen molar-refractivity contribution in [1.82, 2.24) is 4.98 Å². The minimum atomic E-state index is -0.00967. The molecule has 0 radical (unpaired) electrons. The van der Waals surface area contributed by atoms with Crippen molar-refractivity contribution in [3.63, 3.8) is 0 Å². The van der Waals surface area contributed by atoms with Crippen molar-refractivity contribution in [2.45, 2.75) is 33.3 Å². The monoisotopic (exact) mass is 453 g/mol. The van der Waals surface area contributed by atoms with E-state index in [0.717, 1.165) is 35.4 Å². The van der Waals surface area contributed by atoms with Gasteiger partial charge in [-0.25, -0.2) is 0 Å². The molecule has 4 aromatic rings. The first kappa shape index (κ1) is 22.7. The highest BCUT2D eigenvalue weighted by atomic mass is 32.1. The van der Waals surface area contributed by atoms with Gasteiger partial charge < -0.3 is 4.74 Å². The van der Waals surface area contributed by atoms with Crippen LogP contribution in [0.5, 0.6) is 5.75 Å². The number of allylic oxidation sites excluding steroid dienone is 1. The van der Waals surface area contributed by atoms with Crippen LogP contribution in [0, 0.1) is 0 Å². The first-order valence-electron chi connectivity index (χ1n) is 11.2. The normalized spacial score (nSPS) is 11.1. The summed E-state index contributed by atoms with van der Waals surface area (Å²) in [6.07, 6.45) is 7.07. The summed E-state index contributed by atoms with van der Waals surface area (Å²) >= 11 is 1.72. The van der Waals surface area contributed by atoms with Crippen LogP contribution in [-0.4, -0.2) is 10.8 Å². The van der Waals surface area contributed by atoms with Crippen molar-refractivity contribution in [2.75, 3.05) is 0 Å². The molecule has 166 valence electrons. The third kappa shape index (κ3) is 5.65. The molecule has 0 aliphatic heterocycles. The van der Waals surface area contributed by atoms with Gasteiger partial charge in [-0.1, -0.05) is 44.2 Å². The van der Waals surface area contributed by atoms with Crippen LogP contribution in [0.2, 0.25) is 0 Å². The van der Waals surface area contributed by atoms with Gasteiger partial charge in [0.05, 0.1) is 5.69 Å². The predicted octanol–water partition coefficient (Wildman–Crippen LogP) is 7.41. The number of pyridine rings is 1. The molecule has 4 rings (SSSR count). The van der Waals surface area contributed by atoms with Gasteiger partial charge in [-0.2, -0.15) is 0 Å². The Morgan fingerprint density at radius 1 is 0.970 bits per heavy atom. The average molecular weight is 454 g/mol. The van der Waals surface area contributed by atoms with Gasteiger partial charge in [0, 0.05) is 16.6 Å². The molecule has 0 atom stereocenters. The van der Waals surface area contributed by atoms with Gasteiger partial charge in [-0.05, 0) is 89.0 Å². The number of rotatable bonds is 9. The Balaban J connectivity index is 1.51. The third-order valence-electron chi connectivity index (χ3n) is 5.57. The zero-order valence-corrected chi connectivity index (χ0v) is 19.8. The van der Waals surface area contributed by atoms with E-state index < -0.39 is 0 Å². The van der Waals surface area contributed by atoms with E-state index in [1.54, 1.807) is 23.6 Å². The second kappa shape index (κ2) is 10.9. The molecular formula is C29H27NO2S. The molecule has 4 heteroatoms. The van der Waals surface area contributed by atoms with E-state index in [-0.39, 0.29) is 5.78 Å². The number of thiophene rings is 1. The summed E-state index contributed by atoms with van der Waals surface area (Å²) < 4.78 is 5.97. The number of benzene rings is 2. The summed E-state index contributed by atoms with van der Waals surface area (Å²) in [7, 11) is 0. The minimum absolute atomic E-state index is 0.00967. The molecule has 0 N–H and O–H groups in total. The van der Waals surface area contributed by atoms with Crippen LogP contribution in [0.25, 0.3) is 16.5 Å². The average Bonchev–Trinajstić information content (AvgIpc) is 3.41. The zero-order valence-electron chi connectivity index (χ0n) is 19.0. The first-order valence-corrected chi connectivity index (χ1v) is 12.1. The zero-order chi connectivity index (χ0) is 23.0. The molecule has 3 nitrogen and oxygen atoms in total. The number of hydrogen-bond donors (Lipinski definition) is 0. The number of aromatic nitrogens is 1. The number of nitrogens with zero attached hydrogens (tertiary/aromatic N) is 1. The summed E-state index contributed by atoms with van der Waals surface area (Å²) in [5.74, 6) is 0.783. The molecule has 2 aromatic heterocycles. The van der Waals surface area contributed by atoms with Crippen LogP contribution in [-0.2, 0) is 19.4 Å². The largest absolute Gasteiger partial charge is 0.487 e. The molecule has 0 bridgehead atoms. The van der Waals surface area contributed by atoms with Gasteiger partial charge in [0.1, 0.15) is 12.4 Å². The van der Waals surface area contributed by atoms with E-state index in [4.69, 9.17) is 4.74 Å². The van der Waals surface area contributed by atoms with Crippen molar-refractivity contribution in [1.29, 1.82) is 0 Å². The molecule has 0 aliphatic rings. The number of carbonyl (C=O) groups is 1. The highest BCUT2D eigenvalue weighted by Gasteiger charge is 2.10. The maximum absolute atomic E-state index is 13.0. The summed E-state index contributed by atoms with van der Waals surface area (Å²) in [5, 5.41) is 2.08. The second-order valence-corrected chi connectivity index (χ2v) is 8.68. The lowest BCUT2D eigenvalue weighted by atomic mass is 9.99. The molecule has 0 unspecified atom stereocenters. The fourth-order valence-electron chi connectivity index (χ4n) is 3.71. The van der Waals surface area contributed by atoms with Crippen molar-refractivity contribution < 1.29 is 9.53 Å². The van der Waals surface area contributed by atoms with E-state index in [1.165, 1.54) is 16.0 Å². The van der Waals surface area contributed by atoms with E-state index in [9.17, 15) is 4.79 Å². The van der Waals surface area contributed by atoms with Crippen LogP contribution in [0.15, 0.2) is 84.4 Å². The predicted molar refractivity (Wildman–Crippen MR) is 137 cm³/mol. The number of ether oxygens (including phenoxy) is 1. The Labute approximate surface area is 199 Å². The Bertz CT molecular complexity index is 1240. The SMILES string of the molecule is CCc1ccc(-c2cccs2)cc1/C=C/C(=O)c1ccc(OCc2ccccn2)c(CC)c1. The number of carbonyl (C=O) groups excluding carboxylic acids is 1. The molecule has 0 saturated carbocycles. The van der Waals surface area contributed by atoms with Gasteiger partial charge in [-0.15, -0.1) is 11.3 Å². The highest BCUT2D eigenvalue weighted by molar-refractivity contribution is 7.13. The standard InChI is InChI=1S/C29H27NO2S/c1-3-21-10-11-25(29-9-7-17-33-29)19-23(21)12-14-27(31)24-13-15-28(22(4-2)18-24)32-20-26-8-5-6-16-30-26/h5-19H,3-4,20H2,1-2H3/b14-12+. The number of aryl methyl sites for hydroxylation is 2. The fraction of sp³-hybridized carbons (Fsp3) is 0.172. The Morgan fingerprint density at radius 3 is 2.58 bits per heavy atom. The number of hydrogen-bond acceptors (Lipinski definition) is 4. The van der Waals surface area contributed by atoms with Gasteiger partial charge in [-0.3, -0.25) is 9.78 Å². The van der Waals surface area contributed by atoms with Gasteiger partial charge >= 0.3 is 0 Å². The molecule has 0 spiro atoms. The van der Waals surface area contributed by atoms with E-state index in [1.807, 2.05) is 42.5 Å². The minimum Gasteiger partial charge on any atom is -0.487 e. The molecule has 0 fully saturated rings. The smallest absolute Gasteiger partial charge is 0.185 e. The summed E-state index contributed by atoms with van der Waals surface area (Å²) in [4.78, 5) is 18.5. The number of ketones is 1. The topological polar surface area (TPSA) is 39.2 Å². The highest BCUT2D eigenvalue weighted by Crippen LogP contribution is 2.28. The van der Waals surface area contributed by atoms with Gasteiger partial charge in [0.15, 0.2) is 5.78 Å². The summed E-state index contributed by atoms with van der Waals surface area (Å²) in [6, 6.07) is 22.1. The van der Waals surface area contributed by atoms with Crippen LogP contribution in [0.3, 0.4) is 0 Å². The van der Waals surface area contributed by atoms with Gasteiger partial charge in [0.25, 0.3) is 0 Å². The second-order valence-electron chi connectivity index (χ2n) is 7.73. The van der Waals surface area contributed by atoms with Crippen LogP contribution in [0.1, 0.15) is 46.6 Å². The molecule has 2 heterocycles. The lowest BCUT2D eigenvalue weighted by Gasteiger charge is -2.11. The Hall–Kier alpha value is -3.50. The maximum Gasteiger partial charge on any atom is 0.185 e. The van der Waals surface area contributed by atoms with Crippen LogP contribution in [0.4, 0.5) is 0 Å². The third-order valence-corrected chi connectivity index (χ3v) is 6.49. The van der Waals surface area contributed by atoms with Crippen LogP contribution >= 0.6 is 11.3 Å². The lowest BCUT2D eigenvalue weighted by Crippen LogP contribution is -2.02. The van der Waals surface area contributed by atoms with E-state index in [2.05, 4.69) is 54.5 Å². The lowest BCUT2D eigenvalue weighted by molar-refractivity contribution is 0.104.